The molecule has 1 atom stereocenters. The number of carbonyl (C=O) groups excluding carboxylic acids is 2. The number of thioether (sulfide) groups is 1. The molecule has 0 aliphatic rings. The van der Waals surface area contributed by atoms with E-state index in [-0.39, 0.29) is 11.8 Å². The van der Waals surface area contributed by atoms with Crippen molar-refractivity contribution >= 4 is 35.2 Å². The Bertz CT molecular complexity index is 856. The number of benzene rings is 2. The van der Waals surface area contributed by atoms with Crippen molar-refractivity contribution in [3.05, 3.63) is 59.1 Å². The molecule has 0 aliphatic carbocycles. The van der Waals surface area contributed by atoms with E-state index in [4.69, 9.17) is 16.3 Å². The molecule has 0 radical (unpaired) electrons. The average molecular weight is 477 g/mol. The first-order valence-corrected chi connectivity index (χ1v) is 12.3. The van der Waals surface area contributed by atoms with Crippen LogP contribution in [0.3, 0.4) is 0 Å². The number of hydrogen-bond donors (Lipinski definition) is 1. The number of rotatable bonds is 12. The molecular weight excluding hydrogens is 444 g/mol. The fourth-order valence-electron chi connectivity index (χ4n) is 3.20. The second-order valence-corrected chi connectivity index (χ2v) is 9.59. The fourth-order valence-corrected chi connectivity index (χ4v) is 4.17. The highest BCUT2D eigenvalue weighted by Gasteiger charge is 2.28. The third kappa shape index (κ3) is 8.40. The van der Waals surface area contributed by atoms with Gasteiger partial charge in [-0.15, -0.1) is 11.8 Å². The molecule has 0 saturated carbocycles. The van der Waals surface area contributed by atoms with Crippen molar-refractivity contribution in [2.75, 3.05) is 19.4 Å². The number of ether oxygens (including phenoxy) is 1. The summed E-state index contributed by atoms with van der Waals surface area (Å²) in [6, 6.07) is 14.7. The molecule has 1 N–H and O–H groups in total. The molecule has 2 aromatic rings. The van der Waals surface area contributed by atoms with Gasteiger partial charge in [-0.25, -0.2) is 0 Å². The van der Waals surface area contributed by atoms with E-state index in [1.807, 2.05) is 55.5 Å². The first kappa shape index (κ1) is 26.1. The Kier molecular flexibility index (Phi) is 10.9. The van der Waals surface area contributed by atoms with Crippen LogP contribution in [-0.2, 0) is 16.1 Å². The Balaban J connectivity index is 2.11. The van der Waals surface area contributed by atoms with Crippen molar-refractivity contribution in [2.24, 2.45) is 5.92 Å². The zero-order valence-corrected chi connectivity index (χ0v) is 20.8. The molecule has 0 fully saturated rings. The first-order chi connectivity index (χ1) is 15.3. The highest BCUT2D eigenvalue weighted by molar-refractivity contribution is 7.99. The van der Waals surface area contributed by atoms with Crippen LogP contribution in [0.25, 0.3) is 0 Å². The van der Waals surface area contributed by atoms with Crippen LogP contribution < -0.4 is 10.1 Å². The molecule has 0 bridgehead atoms. The van der Waals surface area contributed by atoms with Gasteiger partial charge in [0, 0.05) is 35.2 Å². The summed E-state index contributed by atoms with van der Waals surface area (Å²) in [7, 11) is 1.62. The molecule has 32 heavy (non-hydrogen) atoms. The number of halogens is 1. The van der Waals surface area contributed by atoms with Crippen LogP contribution in [-0.4, -0.2) is 42.2 Å². The van der Waals surface area contributed by atoms with Gasteiger partial charge in [-0.1, -0.05) is 44.5 Å². The molecule has 174 valence electrons. The van der Waals surface area contributed by atoms with E-state index in [1.54, 1.807) is 23.8 Å². The predicted octanol–water partition coefficient (Wildman–Crippen LogP) is 5.41. The summed E-state index contributed by atoms with van der Waals surface area (Å²) in [6.45, 7) is 7.01. The number of methoxy groups -OCH3 is 1. The Hall–Kier alpha value is -2.18. The zero-order valence-electron chi connectivity index (χ0n) is 19.3. The summed E-state index contributed by atoms with van der Waals surface area (Å²) >= 11 is 7.55. The van der Waals surface area contributed by atoms with Gasteiger partial charge in [0.1, 0.15) is 11.8 Å². The Morgan fingerprint density at radius 1 is 1.09 bits per heavy atom. The summed E-state index contributed by atoms with van der Waals surface area (Å²) in [5, 5.41) is 3.68. The van der Waals surface area contributed by atoms with Gasteiger partial charge in [0.2, 0.25) is 11.8 Å². The summed E-state index contributed by atoms with van der Waals surface area (Å²) in [5.41, 5.74) is 0.958. The predicted molar refractivity (Wildman–Crippen MR) is 132 cm³/mol. The fraction of sp³-hybridized carbons (Fsp3) is 0.440. The van der Waals surface area contributed by atoms with Crippen LogP contribution in [0.5, 0.6) is 5.75 Å². The molecular formula is C25H33ClN2O3S. The molecule has 0 heterocycles. The monoisotopic (exact) mass is 476 g/mol. The lowest BCUT2D eigenvalue weighted by Crippen LogP contribution is -2.49. The first-order valence-electron chi connectivity index (χ1n) is 10.9. The molecule has 1 unspecified atom stereocenters. The van der Waals surface area contributed by atoms with E-state index in [2.05, 4.69) is 19.2 Å². The number of amides is 2. The quantitative estimate of drug-likeness (QED) is 0.416. The lowest BCUT2D eigenvalue weighted by Gasteiger charge is -2.31. The van der Waals surface area contributed by atoms with Gasteiger partial charge in [0.15, 0.2) is 0 Å². The minimum Gasteiger partial charge on any atom is -0.497 e. The van der Waals surface area contributed by atoms with E-state index < -0.39 is 6.04 Å². The number of hydrogen-bond acceptors (Lipinski definition) is 4. The van der Waals surface area contributed by atoms with Gasteiger partial charge < -0.3 is 15.0 Å². The van der Waals surface area contributed by atoms with Crippen LogP contribution in [0.2, 0.25) is 5.02 Å². The standard InChI is InChI=1S/C25H33ClN2O3S/c1-5-23(25(30)27-16-18(2)3)28(17-19-6-10-21(31-4)11-7-19)24(29)14-15-32-22-12-8-20(26)9-13-22/h6-13,18,23H,5,14-17H2,1-4H3,(H,27,30). The van der Waals surface area contributed by atoms with Crippen molar-refractivity contribution in [2.45, 2.75) is 51.1 Å². The van der Waals surface area contributed by atoms with Gasteiger partial charge in [-0.2, -0.15) is 0 Å². The van der Waals surface area contributed by atoms with Crippen LogP contribution in [0, 0.1) is 5.92 Å². The van der Waals surface area contributed by atoms with Gasteiger partial charge >= 0.3 is 0 Å². The maximum absolute atomic E-state index is 13.2. The Morgan fingerprint density at radius 3 is 2.31 bits per heavy atom. The molecule has 0 aliphatic heterocycles. The summed E-state index contributed by atoms with van der Waals surface area (Å²) in [6.07, 6.45) is 0.896. The van der Waals surface area contributed by atoms with Crippen molar-refractivity contribution in [3.8, 4) is 5.75 Å². The van der Waals surface area contributed by atoms with Crippen LogP contribution >= 0.6 is 23.4 Å². The summed E-state index contributed by atoms with van der Waals surface area (Å²) in [4.78, 5) is 28.9. The number of nitrogens with zero attached hydrogens (tertiary/aromatic N) is 1. The minimum atomic E-state index is -0.510. The van der Waals surface area contributed by atoms with Gasteiger partial charge in [-0.05, 0) is 54.3 Å². The maximum Gasteiger partial charge on any atom is 0.242 e. The smallest absolute Gasteiger partial charge is 0.242 e. The van der Waals surface area contributed by atoms with Crippen LogP contribution in [0.1, 0.15) is 39.2 Å². The van der Waals surface area contributed by atoms with Gasteiger partial charge in [-0.3, -0.25) is 9.59 Å². The molecule has 2 amide bonds. The largest absolute Gasteiger partial charge is 0.497 e. The van der Waals surface area contributed by atoms with Crippen molar-refractivity contribution in [3.63, 3.8) is 0 Å². The molecule has 7 heteroatoms. The topological polar surface area (TPSA) is 58.6 Å². The van der Waals surface area contributed by atoms with Crippen molar-refractivity contribution < 1.29 is 14.3 Å². The van der Waals surface area contributed by atoms with Gasteiger partial charge in [0.05, 0.1) is 7.11 Å². The molecule has 2 rings (SSSR count). The van der Waals surface area contributed by atoms with E-state index in [1.165, 1.54) is 0 Å². The van der Waals surface area contributed by atoms with Crippen LogP contribution in [0.4, 0.5) is 0 Å². The van der Waals surface area contributed by atoms with Crippen molar-refractivity contribution in [1.29, 1.82) is 0 Å². The minimum absolute atomic E-state index is 0.0335. The Labute approximate surface area is 200 Å². The normalized spacial score (nSPS) is 11.8. The molecule has 0 aromatic heterocycles. The SMILES string of the molecule is CCC(C(=O)NCC(C)C)N(Cc1ccc(OC)cc1)C(=O)CCSc1ccc(Cl)cc1. The molecule has 0 spiro atoms. The van der Waals surface area contributed by atoms with E-state index >= 15 is 0 Å². The van der Waals surface area contributed by atoms with E-state index in [9.17, 15) is 9.59 Å². The summed E-state index contributed by atoms with van der Waals surface area (Å²) < 4.78 is 5.23. The zero-order chi connectivity index (χ0) is 23.5. The molecule has 5 nitrogen and oxygen atoms in total. The van der Waals surface area contributed by atoms with Crippen molar-refractivity contribution in [1.82, 2.24) is 10.2 Å². The van der Waals surface area contributed by atoms with E-state index in [0.717, 1.165) is 16.2 Å². The number of nitrogens with one attached hydrogen (secondary N) is 1. The third-order valence-corrected chi connectivity index (χ3v) is 6.25. The highest BCUT2D eigenvalue weighted by Crippen LogP contribution is 2.22. The molecule has 2 aromatic carbocycles. The maximum atomic E-state index is 13.2. The lowest BCUT2D eigenvalue weighted by atomic mass is 10.1. The second kappa shape index (κ2) is 13.4. The second-order valence-electron chi connectivity index (χ2n) is 7.99. The third-order valence-electron chi connectivity index (χ3n) is 4.98. The highest BCUT2D eigenvalue weighted by atomic mass is 35.5. The Morgan fingerprint density at radius 2 is 1.75 bits per heavy atom. The summed E-state index contributed by atoms with van der Waals surface area (Å²) in [5.74, 6) is 1.59. The number of carbonyl (C=O) groups is 2. The van der Waals surface area contributed by atoms with E-state index in [0.29, 0.717) is 42.6 Å². The van der Waals surface area contributed by atoms with Gasteiger partial charge in [0.25, 0.3) is 0 Å². The average Bonchev–Trinajstić information content (AvgIpc) is 2.79. The lowest BCUT2D eigenvalue weighted by molar-refractivity contribution is -0.141. The molecule has 0 saturated heterocycles. The van der Waals surface area contributed by atoms with Crippen LogP contribution in [0.15, 0.2) is 53.4 Å².